The summed E-state index contributed by atoms with van der Waals surface area (Å²) in [5, 5.41) is 4.11. The zero-order chi connectivity index (χ0) is 23.5. The van der Waals surface area contributed by atoms with Gasteiger partial charge in [-0.05, 0) is 60.7 Å². The fourth-order valence-corrected chi connectivity index (χ4v) is 4.74. The monoisotopic (exact) mass is 471 g/mol. The Balaban J connectivity index is 1.63. The predicted octanol–water partition coefficient (Wildman–Crippen LogP) is 4.52. The Morgan fingerprint density at radius 2 is 1.76 bits per heavy atom. The van der Waals surface area contributed by atoms with Crippen LogP contribution in [0, 0.1) is 0 Å². The standard InChI is InChI=1S/C26H25N5O2S/c1-32-19-11-12-21(23(16-19)33-2)31-25(24(29-26(31)34)20-9-4-6-14-28-20)22-10-7-15-30(22)17-18-8-3-5-13-27-18/h3-16,24-25H,17H2,1-2H3,(H,29,34). The molecule has 0 amide bonds. The van der Waals surface area contributed by atoms with Crippen LogP contribution >= 0.6 is 12.2 Å². The Hall–Kier alpha value is -3.91. The Morgan fingerprint density at radius 1 is 0.941 bits per heavy atom. The van der Waals surface area contributed by atoms with Crippen molar-refractivity contribution in [3.8, 4) is 11.5 Å². The first-order valence-electron chi connectivity index (χ1n) is 11.0. The van der Waals surface area contributed by atoms with E-state index in [0.29, 0.717) is 17.4 Å². The van der Waals surface area contributed by atoms with Crippen molar-refractivity contribution in [1.82, 2.24) is 19.9 Å². The second-order valence-corrected chi connectivity index (χ2v) is 8.30. The maximum absolute atomic E-state index is 5.87. The van der Waals surface area contributed by atoms with E-state index in [1.54, 1.807) is 20.4 Å². The van der Waals surface area contributed by atoms with E-state index in [2.05, 4.69) is 43.1 Å². The van der Waals surface area contributed by atoms with Crippen LogP contribution in [0.4, 0.5) is 5.69 Å². The molecule has 3 aromatic heterocycles. The van der Waals surface area contributed by atoms with Gasteiger partial charge >= 0.3 is 0 Å². The highest BCUT2D eigenvalue weighted by atomic mass is 32.1. The van der Waals surface area contributed by atoms with Crippen molar-refractivity contribution in [2.75, 3.05) is 19.1 Å². The van der Waals surface area contributed by atoms with Gasteiger partial charge in [-0.2, -0.15) is 0 Å². The van der Waals surface area contributed by atoms with Crippen molar-refractivity contribution in [3.05, 3.63) is 102 Å². The summed E-state index contributed by atoms with van der Waals surface area (Å²) in [6.07, 6.45) is 5.70. The maximum atomic E-state index is 5.87. The lowest BCUT2D eigenvalue weighted by Crippen LogP contribution is -2.30. The molecule has 0 saturated carbocycles. The van der Waals surface area contributed by atoms with Gasteiger partial charge in [0.25, 0.3) is 0 Å². The number of nitrogens with one attached hydrogen (secondary N) is 1. The van der Waals surface area contributed by atoms with Crippen molar-refractivity contribution in [2.24, 2.45) is 0 Å². The number of anilines is 1. The molecule has 0 radical (unpaired) electrons. The summed E-state index contributed by atoms with van der Waals surface area (Å²) in [5.74, 6) is 1.40. The van der Waals surface area contributed by atoms with Gasteiger partial charge in [-0.15, -0.1) is 0 Å². The molecule has 4 heterocycles. The molecule has 0 spiro atoms. The van der Waals surface area contributed by atoms with Crippen LogP contribution in [-0.4, -0.2) is 33.9 Å². The number of thiocarbonyl (C=S) groups is 1. The molecule has 1 aromatic carbocycles. The third-order valence-corrected chi connectivity index (χ3v) is 6.29. The minimum Gasteiger partial charge on any atom is -0.497 e. The first kappa shape index (κ1) is 21.9. The fraction of sp³-hybridized carbons (Fsp3) is 0.192. The van der Waals surface area contributed by atoms with E-state index >= 15 is 0 Å². The van der Waals surface area contributed by atoms with Crippen LogP contribution in [0.3, 0.4) is 0 Å². The summed E-state index contributed by atoms with van der Waals surface area (Å²) < 4.78 is 13.4. The van der Waals surface area contributed by atoms with Gasteiger partial charge in [0.15, 0.2) is 5.11 Å². The molecule has 172 valence electrons. The Kier molecular flexibility index (Phi) is 6.14. The molecule has 4 aromatic rings. The average Bonchev–Trinajstić information content (AvgIpc) is 3.48. The van der Waals surface area contributed by atoms with E-state index in [1.165, 1.54) is 0 Å². The largest absolute Gasteiger partial charge is 0.497 e. The molecule has 7 nitrogen and oxygen atoms in total. The third kappa shape index (κ3) is 4.08. The van der Waals surface area contributed by atoms with E-state index in [-0.39, 0.29) is 12.1 Å². The van der Waals surface area contributed by atoms with Gasteiger partial charge in [0.1, 0.15) is 17.5 Å². The summed E-state index contributed by atoms with van der Waals surface area (Å²) in [6.45, 7) is 0.648. The summed E-state index contributed by atoms with van der Waals surface area (Å²) in [7, 11) is 3.29. The molecule has 1 aliphatic rings. The molecule has 2 unspecified atom stereocenters. The lowest BCUT2D eigenvalue weighted by Gasteiger charge is -2.30. The Morgan fingerprint density at radius 3 is 2.47 bits per heavy atom. The molecule has 1 fully saturated rings. The highest BCUT2D eigenvalue weighted by Crippen LogP contribution is 2.45. The second-order valence-electron chi connectivity index (χ2n) is 7.92. The predicted molar refractivity (Wildman–Crippen MR) is 135 cm³/mol. The minimum atomic E-state index is -0.164. The van der Waals surface area contributed by atoms with Crippen LogP contribution in [0.2, 0.25) is 0 Å². The van der Waals surface area contributed by atoms with Crippen LogP contribution in [0.1, 0.15) is 29.2 Å². The fourth-order valence-electron chi connectivity index (χ4n) is 4.40. The molecule has 1 N–H and O–H groups in total. The number of aromatic nitrogens is 3. The van der Waals surface area contributed by atoms with E-state index in [4.69, 9.17) is 21.7 Å². The van der Waals surface area contributed by atoms with Crippen LogP contribution in [0.5, 0.6) is 11.5 Å². The number of benzene rings is 1. The molecule has 1 saturated heterocycles. The van der Waals surface area contributed by atoms with E-state index in [0.717, 1.165) is 28.5 Å². The number of hydrogen-bond acceptors (Lipinski definition) is 5. The quantitative estimate of drug-likeness (QED) is 0.398. The van der Waals surface area contributed by atoms with Gasteiger partial charge in [0.2, 0.25) is 0 Å². The average molecular weight is 472 g/mol. The van der Waals surface area contributed by atoms with Crippen molar-refractivity contribution in [3.63, 3.8) is 0 Å². The number of pyridine rings is 2. The normalized spacial score (nSPS) is 17.5. The molecule has 0 aliphatic carbocycles. The minimum absolute atomic E-state index is 0.155. The maximum Gasteiger partial charge on any atom is 0.174 e. The van der Waals surface area contributed by atoms with Crippen molar-refractivity contribution >= 4 is 23.0 Å². The number of methoxy groups -OCH3 is 2. The number of nitrogens with zero attached hydrogens (tertiary/aromatic N) is 4. The van der Waals surface area contributed by atoms with Crippen molar-refractivity contribution in [2.45, 2.75) is 18.6 Å². The summed E-state index contributed by atoms with van der Waals surface area (Å²) in [4.78, 5) is 11.3. The van der Waals surface area contributed by atoms with E-state index < -0.39 is 0 Å². The Bertz CT molecular complexity index is 1280. The highest BCUT2D eigenvalue weighted by molar-refractivity contribution is 7.80. The molecule has 5 rings (SSSR count). The van der Waals surface area contributed by atoms with Crippen molar-refractivity contribution < 1.29 is 9.47 Å². The molecular weight excluding hydrogens is 446 g/mol. The van der Waals surface area contributed by atoms with Crippen LogP contribution in [0.15, 0.2) is 85.3 Å². The molecular formula is C26H25N5O2S. The molecule has 1 aliphatic heterocycles. The first-order valence-corrected chi connectivity index (χ1v) is 11.4. The highest BCUT2D eigenvalue weighted by Gasteiger charge is 2.43. The van der Waals surface area contributed by atoms with Gasteiger partial charge < -0.3 is 24.3 Å². The van der Waals surface area contributed by atoms with E-state index in [9.17, 15) is 0 Å². The number of ether oxygens (including phenoxy) is 2. The van der Waals surface area contributed by atoms with E-state index in [1.807, 2.05) is 60.8 Å². The van der Waals surface area contributed by atoms with Crippen LogP contribution in [0.25, 0.3) is 0 Å². The number of hydrogen-bond donors (Lipinski definition) is 1. The molecule has 0 bridgehead atoms. The van der Waals surface area contributed by atoms with Gasteiger partial charge in [-0.1, -0.05) is 12.1 Å². The SMILES string of the molecule is COc1ccc(N2C(=S)NC(c3ccccn3)C2c2cccn2Cc2ccccn2)c(OC)c1. The lowest BCUT2D eigenvalue weighted by molar-refractivity contribution is 0.394. The van der Waals surface area contributed by atoms with Gasteiger partial charge in [-0.25, -0.2) is 0 Å². The molecule has 8 heteroatoms. The van der Waals surface area contributed by atoms with Crippen LogP contribution < -0.4 is 19.7 Å². The lowest BCUT2D eigenvalue weighted by atomic mass is 10.0. The second kappa shape index (κ2) is 9.52. The van der Waals surface area contributed by atoms with Gasteiger partial charge in [0, 0.05) is 30.4 Å². The summed E-state index contributed by atoms with van der Waals surface area (Å²) in [5.41, 5.74) is 3.84. The zero-order valence-electron chi connectivity index (χ0n) is 19.0. The van der Waals surface area contributed by atoms with Gasteiger partial charge in [0.05, 0.1) is 43.9 Å². The summed E-state index contributed by atoms with van der Waals surface area (Å²) >= 11 is 5.87. The zero-order valence-corrected chi connectivity index (χ0v) is 19.8. The molecule has 34 heavy (non-hydrogen) atoms. The topological polar surface area (TPSA) is 64.4 Å². The smallest absolute Gasteiger partial charge is 0.174 e. The summed E-state index contributed by atoms with van der Waals surface area (Å²) in [6, 6.07) is 21.5. The van der Waals surface area contributed by atoms with Gasteiger partial charge in [-0.3, -0.25) is 9.97 Å². The van der Waals surface area contributed by atoms with Crippen LogP contribution in [-0.2, 0) is 6.54 Å². The Labute approximate surface area is 204 Å². The molecule has 2 atom stereocenters. The third-order valence-electron chi connectivity index (χ3n) is 5.97. The van der Waals surface area contributed by atoms with Crippen molar-refractivity contribution in [1.29, 1.82) is 0 Å². The number of rotatable bonds is 7. The first-order chi connectivity index (χ1) is 16.7.